The van der Waals surface area contributed by atoms with Crippen LogP contribution in [0, 0.1) is 0 Å². The molecule has 1 aromatic carbocycles. The van der Waals surface area contributed by atoms with E-state index >= 15 is 0 Å². The first-order chi connectivity index (χ1) is 6.90. The monoisotopic (exact) mass is 191 g/mol. The van der Waals surface area contributed by atoms with Crippen molar-refractivity contribution in [1.29, 1.82) is 0 Å². The summed E-state index contributed by atoms with van der Waals surface area (Å²) in [5.74, 6) is 1.64. The number of hydrogen-bond acceptors (Lipinski definition) is 4. The van der Waals surface area contributed by atoms with Gasteiger partial charge >= 0.3 is 7.48 Å². The average molecular weight is 191 g/mol. The second kappa shape index (κ2) is 2.90. The summed E-state index contributed by atoms with van der Waals surface area (Å²) in [5.41, 5.74) is 7.83. The van der Waals surface area contributed by atoms with Gasteiger partial charge in [-0.25, -0.2) is 0 Å². The van der Waals surface area contributed by atoms with E-state index in [1.165, 1.54) is 0 Å². The highest BCUT2D eigenvalue weighted by Gasteiger charge is 2.30. The largest absolute Gasteiger partial charge is 0.454 e. The SMILES string of the molecule is NCC1OBc2c1ccc1c2OCO1. The summed E-state index contributed by atoms with van der Waals surface area (Å²) < 4.78 is 16.2. The molecule has 1 atom stereocenters. The van der Waals surface area contributed by atoms with E-state index in [1.807, 2.05) is 12.1 Å². The van der Waals surface area contributed by atoms with Crippen molar-refractivity contribution in [1.82, 2.24) is 0 Å². The molecule has 2 N–H and O–H groups in total. The van der Waals surface area contributed by atoms with Crippen LogP contribution in [0.15, 0.2) is 12.1 Å². The predicted molar refractivity (Wildman–Crippen MR) is 52.2 cm³/mol. The van der Waals surface area contributed by atoms with Crippen LogP contribution in [0.5, 0.6) is 11.5 Å². The van der Waals surface area contributed by atoms with Crippen molar-refractivity contribution in [3.63, 3.8) is 0 Å². The molecule has 0 saturated carbocycles. The molecular formula is C9H10BNO3. The van der Waals surface area contributed by atoms with Crippen LogP contribution in [0.1, 0.15) is 11.7 Å². The third kappa shape index (κ3) is 0.965. The third-order valence-corrected chi connectivity index (χ3v) is 2.67. The first kappa shape index (κ1) is 8.14. The van der Waals surface area contributed by atoms with Gasteiger partial charge in [0.05, 0.1) is 6.10 Å². The number of fused-ring (bicyclic) bond motifs is 3. The lowest BCUT2D eigenvalue weighted by Crippen LogP contribution is -2.14. The van der Waals surface area contributed by atoms with E-state index in [9.17, 15) is 0 Å². The number of hydrogen-bond donors (Lipinski definition) is 1. The molecule has 2 heterocycles. The molecule has 14 heavy (non-hydrogen) atoms. The minimum atomic E-state index is 0.0134. The van der Waals surface area contributed by atoms with Crippen LogP contribution in [0.25, 0.3) is 0 Å². The molecule has 0 fully saturated rings. The zero-order valence-electron chi connectivity index (χ0n) is 7.66. The van der Waals surface area contributed by atoms with Crippen molar-refractivity contribution >= 4 is 12.9 Å². The van der Waals surface area contributed by atoms with Crippen molar-refractivity contribution < 1.29 is 14.1 Å². The first-order valence-electron chi connectivity index (χ1n) is 4.63. The van der Waals surface area contributed by atoms with E-state index in [4.69, 9.17) is 19.9 Å². The van der Waals surface area contributed by atoms with Crippen LogP contribution >= 0.6 is 0 Å². The minimum Gasteiger partial charge on any atom is -0.454 e. The molecule has 0 aliphatic carbocycles. The van der Waals surface area contributed by atoms with Gasteiger partial charge in [-0.05, 0) is 17.1 Å². The summed E-state index contributed by atoms with van der Waals surface area (Å²) in [6.45, 7) is 0.811. The second-order valence-electron chi connectivity index (χ2n) is 3.40. The van der Waals surface area contributed by atoms with Crippen molar-refractivity contribution in [2.75, 3.05) is 13.3 Å². The summed E-state index contributed by atoms with van der Waals surface area (Å²) in [5, 5.41) is 0. The van der Waals surface area contributed by atoms with Gasteiger partial charge in [0, 0.05) is 6.54 Å². The van der Waals surface area contributed by atoms with Gasteiger partial charge in [-0.15, -0.1) is 0 Å². The number of ether oxygens (including phenoxy) is 2. The highest BCUT2D eigenvalue weighted by Crippen LogP contribution is 2.34. The van der Waals surface area contributed by atoms with Gasteiger partial charge in [0.1, 0.15) is 0 Å². The van der Waals surface area contributed by atoms with Crippen molar-refractivity contribution in [3.8, 4) is 11.5 Å². The highest BCUT2D eigenvalue weighted by atomic mass is 16.7. The highest BCUT2D eigenvalue weighted by molar-refractivity contribution is 6.50. The normalized spacial score (nSPS) is 21.9. The van der Waals surface area contributed by atoms with E-state index in [-0.39, 0.29) is 6.10 Å². The molecule has 1 aromatic rings. The summed E-state index contributed by atoms with van der Waals surface area (Å²) in [4.78, 5) is 0. The molecule has 0 aromatic heterocycles. The Labute approximate surface area is 82.2 Å². The average Bonchev–Trinajstić information content (AvgIpc) is 2.82. The topological polar surface area (TPSA) is 53.7 Å². The fourth-order valence-corrected chi connectivity index (χ4v) is 1.96. The van der Waals surface area contributed by atoms with Crippen LogP contribution < -0.4 is 20.7 Å². The van der Waals surface area contributed by atoms with Gasteiger partial charge < -0.3 is 19.9 Å². The maximum absolute atomic E-state index is 5.60. The smallest absolute Gasteiger partial charge is 0.313 e. The van der Waals surface area contributed by atoms with E-state index in [1.54, 1.807) is 0 Å². The Hall–Kier alpha value is -1.20. The second-order valence-corrected chi connectivity index (χ2v) is 3.40. The number of benzene rings is 1. The Morgan fingerprint density at radius 3 is 3.21 bits per heavy atom. The molecule has 72 valence electrons. The maximum atomic E-state index is 5.60. The Bertz CT molecular complexity index is 383. The molecule has 2 aliphatic heterocycles. The Kier molecular flexibility index (Phi) is 1.69. The molecule has 5 heteroatoms. The van der Waals surface area contributed by atoms with E-state index < -0.39 is 0 Å². The quantitative estimate of drug-likeness (QED) is 0.603. The van der Waals surface area contributed by atoms with Crippen LogP contribution in [0.4, 0.5) is 0 Å². The summed E-state index contributed by atoms with van der Waals surface area (Å²) in [7, 11) is 0.573. The molecule has 1 unspecified atom stereocenters. The van der Waals surface area contributed by atoms with Gasteiger partial charge in [0.25, 0.3) is 0 Å². The molecule has 0 saturated heterocycles. The van der Waals surface area contributed by atoms with Crippen LogP contribution in [0.3, 0.4) is 0 Å². The van der Waals surface area contributed by atoms with Crippen molar-refractivity contribution in [2.24, 2.45) is 5.73 Å². The summed E-state index contributed by atoms with van der Waals surface area (Å²) in [6, 6.07) is 3.92. The standard InChI is InChI=1S/C9H10BNO3/c11-3-7-5-1-2-6-9(13-4-12-6)8(5)10-14-7/h1-2,7,10H,3-4,11H2. The molecule has 2 aliphatic rings. The molecule has 0 radical (unpaired) electrons. The van der Waals surface area contributed by atoms with Crippen LogP contribution in [-0.2, 0) is 4.65 Å². The summed E-state index contributed by atoms with van der Waals surface area (Å²) in [6.07, 6.45) is 0.0134. The van der Waals surface area contributed by atoms with E-state index in [2.05, 4.69) is 0 Å². The maximum Gasteiger partial charge on any atom is 0.313 e. The fraction of sp³-hybridized carbons (Fsp3) is 0.333. The van der Waals surface area contributed by atoms with Gasteiger partial charge in [-0.1, -0.05) is 6.07 Å². The van der Waals surface area contributed by atoms with Crippen molar-refractivity contribution in [3.05, 3.63) is 17.7 Å². The zero-order chi connectivity index (χ0) is 9.54. The molecular weight excluding hydrogens is 181 g/mol. The van der Waals surface area contributed by atoms with Gasteiger partial charge in [0.2, 0.25) is 6.79 Å². The molecule has 0 bridgehead atoms. The van der Waals surface area contributed by atoms with Gasteiger partial charge in [0.15, 0.2) is 11.5 Å². The minimum absolute atomic E-state index is 0.0134. The Morgan fingerprint density at radius 2 is 2.36 bits per heavy atom. The van der Waals surface area contributed by atoms with Gasteiger partial charge in [-0.2, -0.15) is 0 Å². The van der Waals surface area contributed by atoms with Gasteiger partial charge in [-0.3, -0.25) is 0 Å². The first-order valence-corrected chi connectivity index (χ1v) is 4.63. The fourth-order valence-electron chi connectivity index (χ4n) is 1.96. The molecule has 0 spiro atoms. The van der Waals surface area contributed by atoms with Crippen molar-refractivity contribution in [2.45, 2.75) is 6.10 Å². The lowest BCUT2D eigenvalue weighted by molar-refractivity contribution is 0.174. The number of nitrogens with two attached hydrogens (primary N) is 1. The predicted octanol–water partition coefficient (Wildman–Crippen LogP) is -0.578. The lowest BCUT2D eigenvalue weighted by atomic mass is 9.85. The third-order valence-electron chi connectivity index (χ3n) is 2.67. The van der Waals surface area contributed by atoms with E-state index in [0.717, 1.165) is 22.5 Å². The van der Waals surface area contributed by atoms with Crippen LogP contribution in [0.2, 0.25) is 0 Å². The molecule has 3 rings (SSSR count). The zero-order valence-corrected chi connectivity index (χ0v) is 7.66. The summed E-state index contributed by atoms with van der Waals surface area (Å²) >= 11 is 0. The van der Waals surface area contributed by atoms with Crippen LogP contribution in [-0.4, -0.2) is 20.8 Å². The molecule has 0 amide bonds. The number of rotatable bonds is 1. The lowest BCUT2D eigenvalue weighted by Gasteiger charge is -2.08. The molecule has 4 nitrogen and oxygen atoms in total. The Morgan fingerprint density at radius 1 is 1.43 bits per heavy atom. The van der Waals surface area contributed by atoms with E-state index in [0.29, 0.717) is 20.8 Å². The Balaban J connectivity index is 2.12.